The van der Waals surface area contributed by atoms with Crippen molar-refractivity contribution in [1.82, 2.24) is 0 Å². The van der Waals surface area contributed by atoms with Crippen molar-refractivity contribution in [2.45, 2.75) is 13.8 Å². The number of methoxy groups -OCH3 is 2. The topological polar surface area (TPSA) is 44.8 Å². The van der Waals surface area contributed by atoms with Crippen molar-refractivity contribution >= 4 is 24.2 Å². The van der Waals surface area contributed by atoms with E-state index in [0.29, 0.717) is 17.2 Å². The van der Waals surface area contributed by atoms with E-state index in [-0.39, 0.29) is 0 Å². The number of ether oxygens (including phenoxy) is 3. The summed E-state index contributed by atoms with van der Waals surface area (Å²) in [5.41, 5.74) is 4.71. The van der Waals surface area contributed by atoms with Crippen LogP contribution in [-0.4, -0.2) is 20.2 Å². The molecule has 0 atom stereocenters. The second kappa shape index (κ2) is 10.3. The average molecular weight is 415 g/mol. The SMILES string of the molecule is COc1cc(/C=C/c2ccccc2)c(/C=C/C(=O)Oc2ccc(C)cc2C)c(OC)c1. The summed E-state index contributed by atoms with van der Waals surface area (Å²) >= 11 is 0. The Morgan fingerprint density at radius 1 is 0.806 bits per heavy atom. The molecule has 0 heterocycles. The van der Waals surface area contributed by atoms with E-state index in [2.05, 4.69) is 0 Å². The monoisotopic (exact) mass is 414 g/mol. The first-order chi connectivity index (χ1) is 15.0. The highest BCUT2D eigenvalue weighted by Gasteiger charge is 2.10. The molecule has 3 aromatic carbocycles. The summed E-state index contributed by atoms with van der Waals surface area (Å²) in [4.78, 5) is 12.4. The zero-order chi connectivity index (χ0) is 22.2. The number of esters is 1. The minimum atomic E-state index is -0.456. The van der Waals surface area contributed by atoms with Gasteiger partial charge in [-0.25, -0.2) is 4.79 Å². The molecule has 3 aromatic rings. The molecule has 0 bridgehead atoms. The van der Waals surface area contributed by atoms with E-state index in [0.717, 1.165) is 27.8 Å². The van der Waals surface area contributed by atoms with Crippen LogP contribution in [0.2, 0.25) is 0 Å². The number of rotatable bonds is 7. The average Bonchev–Trinajstić information content (AvgIpc) is 2.78. The molecule has 0 aliphatic carbocycles. The third-order valence-electron chi connectivity index (χ3n) is 4.79. The fraction of sp³-hybridized carbons (Fsp3) is 0.148. The Balaban J connectivity index is 1.90. The number of aryl methyl sites for hydroxylation is 2. The summed E-state index contributed by atoms with van der Waals surface area (Å²) < 4.78 is 16.4. The molecule has 0 aliphatic rings. The van der Waals surface area contributed by atoms with Crippen LogP contribution >= 0.6 is 0 Å². The molecule has 3 rings (SSSR count). The zero-order valence-corrected chi connectivity index (χ0v) is 18.2. The summed E-state index contributed by atoms with van der Waals surface area (Å²) in [7, 11) is 3.20. The molecule has 0 radical (unpaired) electrons. The molecule has 0 aliphatic heterocycles. The highest BCUT2D eigenvalue weighted by molar-refractivity contribution is 5.91. The number of carbonyl (C=O) groups is 1. The normalized spacial score (nSPS) is 11.1. The van der Waals surface area contributed by atoms with Crippen LogP contribution in [-0.2, 0) is 4.79 Å². The summed E-state index contributed by atoms with van der Waals surface area (Å²) in [5, 5.41) is 0. The van der Waals surface area contributed by atoms with Crippen LogP contribution < -0.4 is 14.2 Å². The minimum Gasteiger partial charge on any atom is -0.497 e. The van der Waals surface area contributed by atoms with Gasteiger partial charge in [0.1, 0.15) is 17.2 Å². The second-order valence-electron chi connectivity index (χ2n) is 7.10. The molecule has 158 valence electrons. The van der Waals surface area contributed by atoms with Gasteiger partial charge >= 0.3 is 5.97 Å². The van der Waals surface area contributed by atoms with Crippen LogP contribution in [0, 0.1) is 13.8 Å². The molecule has 0 fully saturated rings. The molecule has 4 nitrogen and oxygen atoms in total. The lowest BCUT2D eigenvalue weighted by atomic mass is 10.0. The fourth-order valence-corrected chi connectivity index (χ4v) is 3.18. The fourth-order valence-electron chi connectivity index (χ4n) is 3.18. The van der Waals surface area contributed by atoms with Crippen molar-refractivity contribution in [1.29, 1.82) is 0 Å². The smallest absolute Gasteiger partial charge is 0.336 e. The van der Waals surface area contributed by atoms with Crippen molar-refractivity contribution in [3.63, 3.8) is 0 Å². The molecule has 0 saturated carbocycles. The van der Waals surface area contributed by atoms with Crippen molar-refractivity contribution in [2.75, 3.05) is 14.2 Å². The summed E-state index contributed by atoms with van der Waals surface area (Å²) in [5.74, 6) is 1.36. The molecule has 0 saturated heterocycles. The van der Waals surface area contributed by atoms with Gasteiger partial charge in [0, 0.05) is 17.7 Å². The Labute approximate surface area is 183 Å². The van der Waals surface area contributed by atoms with E-state index in [1.165, 1.54) is 6.08 Å². The van der Waals surface area contributed by atoms with Gasteiger partial charge in [0.25, 0.3) is 0 Å². The Hall–Kier alpha value is -3.79. The molecule has 31 heavy (non-hydrogen) atoms. The molecule has 0 amide bonds. The van der Waals surface area contributed by atoms with Crippen LogP contribution in [0.15, 0.2) is 66.7 Å². The largest absolute Gasteiger partial charge is 0.497 e. The van der Waals surface area contributed by atoms with Gasteiger partial charge in [-0.3, -0.25) is 0 Å². The van der Waals surface area contributed by atoms with Gasteiger partial charge in [0.15, 0.2) is 0 Å². The molecule has 4 heteroatoms. The maximum Gasteiger partial charge on any atom is 0.336 e. The van der Waals surface area contributed by atoms with Crippen molar-refractivity contribution < 1.29 is 19.0 Å². The summed E-state index contributed by atoms with van der Waals surface area (Å²) in [6.45, 7) is 3.91. The van der Waals surface area contributed by atoms with E-state index in [1.807, 2.05) is 74.5 Å². The van der Waals surface area contributed by atoms with E-state index in [9.17, 15) is 4.79 Å². The maximum absolute atomic E-state index is 12.4. The first-order valence-corrected chi connectivity index (χ1v) is 9.96. The second-order valence-corrected chi connectivity index (χ2v) is 7.10. The molecule has 0 spiro atoms. The standard InChI is InChI=1S/C27H26O4/c1-19-10-14-25(20(2)16-19)31-27(28)15-13-24-22(12-11-21-8-6-5-7-9-21)17-23(29-3)18-26(24)30-4/h5-18H,1-4H3/b12-11+,15-13+. The van der Waals surface area contributed by atoms with E-state index >= 15 is 0 Å². The van der Waals surface area contributed by atoms with Gasteiger partial charge in [0.05, 0.1) is 14.2 Å². The highest BCUT2D eigenvalue weighted by atomic mass is 16.5. The van der Waals surface area contributed by atoms with Gasteiger partial charge in [-0.2, -0.15) is 0 Å². The summed E-state index contributed by atoms with van der Waals surface area (Å²) in [6.07, 6.45) is 7.08. The zero-order valence-electron chi connectivity index (χ0n) is 18.2. The van der Waals surface area contributed by atoms with E-state index in [1.54, 1.807) is 32.4 Å². The Morgan fingerprint density at radius 2 is 1.58 bits per heavy atom. The first kappa shape index (κ1) is 21.9. The molecule has 0 aromatic heterocycles. The van der Waals surface area contributed by atoms with Crippen molar-refractivity contribution in [3.8, 4) is 17.2 Å². The molecule has 0 unspecified atom stereocenters. The lowest BCUT2D eigenvalue weighted by molar-refractivity contribution is -0.128. The third-order valence-corrected chi connectivity index (χ3v) is 4.79. The lowest BCUT2D eigenvalue weighted by Crippen LogP contribution is -2.05. The van der Waals surface area contributed by atoms with E-state index < -0.39 is 5.97 Å². The van der Waals surface area contributed by atoms with Crippen LogP contribution in [0.3, 0.4) is 0 Å². The quantitative estimate of drug-likeness (QED) is 0.202. The Kier molecular flexibility index (Phi) is 7.28. The molecular weight excluding hydrogens is 388 g/mol. The van der Waals surface area contributed by atoms with Gasteiger partial charge in [-0.15, -0.1) is 0 Å². The van der Waals surface area contributed by atoms with Gasteiger partial charge in [0.2, 0.25) is 0 Å². The Morgan fingerprint density at radius 3 is 2.26 bits per heavy atom. The third kappa shape index (κ3) is 5.86. The lowest BCUT2D eigenvalue weighted by Gasteiger charge is -2.12. The maximum atomic E-state index is 12.4. The predicted octanol–water partition coefficient (Wildman–Crippen LogP) is 6.11. The Bertz CT molecular complexity index is 1110. The molecule has 0 N–H and O–H groups in total. The van der Waals surface area contributed by atoms with Crippen LogP contribution in [0.25, 0.3) is 18.2 Å². The van der Waals surface area contributed by atoms with Crippen LogP contribution in [0.5, 0.6) is 17.2 Å². The first-order valence-electron chi connectivity index (χ1n) is 9.96. The summed E-state index contributed by atoms with van der Waals surface area (Å²) in [6, 6.07) is 19.4. The van der Waals surface area contributed by atoms with E-state index in [4.69, 9.17) is 14.2 Å². The number of hydrogen-bond donors (Lipinski definition) is 0. The van der Waals surface area contributed by atoms with Crippen LogP contribution in [0.4, 0.5) is 0 Å². The van der Waals surface area contributed by atoms with Gasteiger partial charge < -0.3 is 14.2 Å². The number of benzene rings is 3. The van der Waals surface area contributed by atoms with Gasteiger partial charge in [-0.05, 0) is 48.7 Å². The number of carbonyl (C=O) groups excluding carboxylic acids is 1. The highest BCUT2D eigenvalue weighted by Crippen LogP contribution is 2.31. The molecular formula is C27H26O4. The van der Waals surface area contributed by atoms with Crippen molar-refractivity contribution in [2.24, 2.45) is 0 Å². The van der Waals surface area contributed by atoms with Gasteiger partial charge in [-0.1, -0.05) is 60.2 Å². The van der Waals surface area contributed by atoms with Crippen LogP contribution in [0.1, 0.15) is 27.8 Å². The van der Waals surface area contributed by atoms with Crippen molar-refractivity contribution in [3.05, 3.63) is 94.6 Å². The number of hydrogen-bond acceptors (Lipinski definition) is 4. The minimum absolute atomic E-state index is 0.456. The predicted molar refractivity (Wildman–Crippen MR) is 126 cm³/mol.